The lowest BCUT2D eigenvalue weighted by molar-refractivity contribution is -0.136. The Morgan fingerprint density at radius 2 is 1.36 bits per heavy atom. The van der Waals surface area contributed by atoms with E-state index in [2.05, 4.69) is 43.0 Å². The van der Waals surface area contributed by atoms with Crippen LogP contribution in [0, 0.1) is 0 Å². The monoisotopic (exact) mass is 508 g/mol. The molecule has 5 heteroatoms. The quantitative estimate of drug-likeness (QED) is 0.221. The standard InChI is InChI=1S/C31H44N2O2S/c1-3-5-7-8-15-21-30-33(22-16-6-4-2)31(35)28(36-30)23-29(34)32(24-26-17-11-9-12-18-26)25-27-19-13-10-14-20-27/h9-14,17-20,28,30H,3-8,15-16,21-25H2,1-2H3/t28-,30-/m0/s1. The van der Waals surface area contributed by atoms with E-state index < -0.39 is 0 Å². The molecule has 3 rings (SSSR count). The first kappa shape index (κ1) is 28.3. The van der Waals surface area contributed by atoms with E-state index in [9.17, 15) is 9.59 Å². The van der Waals surface area contributed by atoms with Crippen LogP contribution in [-0.2, 0) is 22.7 Å². The molecular formula is C31H44N2O2S. The zero-order valence-electron chi connectivity index (χ0n) is 22.2. The van der Waals surface area contributed by atoms with E-state index in [-0.39, 0.29) is 28.9 Å². The smallest absolute Gasteiger partial charge is 0.237 e. The Morgan fingerprint density at radius 3 is 1.94 bits per heavy atom. The van der Waals surface area contributed by atoms with Gasteiger partial charge in [-0.2, -0.15) is 0 Å². The van der Waals surface area contributed by atoms with Gasteiger partial charge in [0.1, 0.15) is 0 Å². The fourth-order valence-electron chi connectivity index (χ4n) is 4.84. The van der Waals surface area contributed by atoms with Crippen LogP contribution in [0.4, 0.5) is 0 Å². The van der Waals surface area contributed by atoms with E-state index in [4.69, 9.17) is 0 Å². The van der Waals surface area contributed by atoms with Crippen molar-refractivity contribution in [3.05, 3.63) is 71.8 Å². The first-order valence-corrected chi connectivity index (χ1v) is 14.9. The molecule has 1 aliphatic rings. The summed E-state index contributed by atoms with van der Waals surface area (Å²) in [5.41, 5.74) is 2.22. The number of unbranched alkanes of at least 4 members (excludes halogenated alkanes) is 6. The highest BCUT2D eigenvalue weighted by Gasteiger charge is 2.40. The van der Waals surface area contributed by atoms with Crippen LogP contribution in [0.3, 0.4) is 0 Å². The van der Waals surface area contributed by atoms with Crippen LogP contribution in [0.2, 0.25) is 0 Å². The summed E-state index contributed by atoms with van der Waals surface area (Å²) in [5.74, 6) is 0.230. The van der Waals surface area contributed by atoms with Gasteiger partial charge >= 0.3 is 0 Å². The van der Waals surface area contributed by atoms with Gasteiger partial charge in [-0.1, -0.05) is 119 Å². The highest BCUT2D eigenvalue weighted by molar-refractivity contribution is 8.01. The molecule has 0 bridgehead atoms. The van der Waals surface area contributed by atoms with Crippen molar-refractivity contribution >= 4 is 23.6 Å². The minimum Gasteiger partial charge on any atom is -0.334 e. The molecule has 0 radical (unpaired) electrons. The summed E-state index contributed by atoms with van der Waals surface area (Å²) in [6.07, 6.45) is 10.8. The maximum atomic E-state index is 13.6. The summed E-state index contributed by atoms with van der Waals surface area (Å²) in [5, 5.41) is -0.0562. The largest absolute Gasteiger partial charge is 0.334 e. The van der Waals surface area contributed by atoms with Crippen molar-refractivity contribution < 1.29 is 9.59 Å². The predicted octanol–water partition coefficient (Wildman–Crippen LogP) is 7.43. The summed E-state index contributed by atoms with van der Waals surface area (Å²) in [4.78, 5) is 31.1. The van der Waals surface area contributed by atoms with E-state index in [1.165, 1.54) is 25.7 Å². The number of carbonyl (C=O) groups is 2. The molecule has 0 spiro atoms. The molecule has 0 unspecified atom stereocenters. The van der Waals surface area contributed by atoms with Crippen molar-refractivity contribution in [1.82, 2.24) is 9.80 Å². The second-order valence-electron chi connectivity index (χ2n) is 9.95. The molecule has 36 heavy (non-hydrogen) atoms. The van der Waals surface area contributed by atoms with Gasteiger partial charge in [0.25, 0.3) is 0 Å². The molecule has 0 saturated carbocycles. The third kappa shape index (κ3) is 8.99. The fourth-order valence-corrected chi connectivity index (χ4v) is 6.37. The van der Waals surface area contributed by atoms with E-state index in [0.29, 0.717) is 13.1 Å². The Bertz CT molecular complexity index is 864. The lowest BCUT2D eigenvalue weighted by Gasteiger charge is -2.24. The van der Waals surface area contributed by atoms with Gasteiger partial charge in [-0.15, -0.1) is 11.8 Å². The molecule has 196 valence electrons. The van der Waals surface area contributed by atoms with Crippen molar-refractivity contribution in [3.8, 4) is 0 Å². The van der Waals surface area contributed by atoms with Crippen molar-refractivity contribution in [2.24, 2.45) is 0 Å². The van der Waals surface area contributed by atoms with Crippen LogP contribution < -0.4 is 0 Å². The van der Waals surface area contributed by atoms with Gasteiger partial charge in [0.05, 0.1) is 10.6 Å². The first-order chi connectivity index (χ1) is 17.6. The number of nitrogens with zero attached hydrogens (tertiary/aromatic N) is 2. The molecule has 1 fully saturated rings. The third-order valence-electron chi connectivity index (χ3n) is 6.93. The lowest BCUT2D eigenvalue weighted by Crippen LogP contribution is -2.37. The Hall–Kier alpha value is -2.27. The zero-order chi connectivity index (χ0) is 25.6. The number of hydrogen-bond acceptors (Lipinski definition) is 3. The SMILES string of the molecule is CCCCCCC[C@@H]1S[C@@H](CC(=O)N(Cc2ccccc2)Cc2ccccc2)C(=O)N1CCCCC. The Kier molecular flexibility index (Phi) is 12.4. The van der Waals surface area contributed by atoms with Crippen LogP contribution in [0.5, 0.6) is 0 Å². The van der Waals surface area contributed by atoms with E-state index >= 15 is 0 Å². The van der Waals surface area contributed by atoms with Crippen LogP contribution in [0.25, 0.3) is 0 Å². The average molecular weight is 509 g/mol. The maximum absolute atomic E-state index is 13.6. The Morgan fingerprint density at radius 1 is 0.806 bits per heavy atom. The second-order valence-corrected chi connectivity index (χ2v) is 11.3. The molecule has 0 aliphatic carbocycles. The number of hydrogen-bond donors (Lipinski definition) is 0. The van der Waals surface area contributed by atoms with Gasteiger partial charge in [-0.05, 0) is 24.0 Å². The number of carbonyl (C=O) groups excluding carboxylic acids is 2. The van der Waals surface area contributed by atoms with Crippen LogP contribution in [0.15, 0.2) is 60.7 Å². The summed E-state index contributed by atoms with van der Waals surface area (Å²) in [7, 11) is 0. The van der Waals surface area contributed by atoms with Gasteiger partial charge in [0.2, 0.25) is 11.8 Å². The summed E-state index contributed by atoms with van der Waals surface area (Å²) < 4.78 is 0. The van der Waals surface area contributed by atoms with Crippen molar-refractivity contribution in [1.29, 1.82) is 0 Å². The summed E-state index contributed by atoms with van der Waals surface area (Å²) in [6.45, 7) is 6.37. The fraction of sp³-hybridized carbons (Fsp3) is 0.548. The van der Waals surface area contributed by atoms with Crippen LogP contribution >= 0.6 is 11.8 Å². The van der Waals surface area contributed by atoms with Crippen LogP contribution in [0.1, 0.15) is 89.2 Å². The molecule has 1 saturated heterocycles. The van der Waals surface area contributed by atoms with Crippen molar-refractivity contribution in [2.75, 3.05) is 6.54 Å². The van der Waals surface area contributed by atoms with Crippen molar-refractivity contribution in [3.63, 3.8) is 0 Å². The van der Waals surface area contributed by atoms with Gasteiger partial charge in [0, 0.05) is 26.1 Å². The highest BCUT2D eigenvalue weighted by atomic mass is 32.2. The van der Waals surface area contributed by atoms with Crippen LogP contribution in [-0.4, -0.2) is 38.8 Å². The molecule has 0 N–H and O–H groups in total. The first-order valence-electron chi connectivity index (χ1n) is 13.9. The average Bonchev–Trinajstić information content (AvgIpc) is 3.18. The van der Waals surface area contributed by atoms with E-state index in [1.807, 2.05) is 41.3 Å². The van der Waals surface area contributed by atoms with Gasteiger partial charge in [0.15, 0.2) is 0 Å². The zero-order valence-corrected chi connectivity index (χ0v) is 23.1. The molecule has 2 amide bonds. The maximum Gasteiger partial charge on any atom is 0.237 e. The molecule has 0 aromatic heterocycles. The normalized spacial score (nSPS) is 17.5. The summed E-state index contributed by atoms with van der Waals surface area (Å²) >= 11 is 1.74. The minimum absolute atomic E-state index is 0.0608. The van der Waals surface area contributed by atoms with Crippen molar-refractivity contribution in [2.45, 2.75) is 102 Å². The number of rotatable bonds is 16. The van der Waals surface area contributed by atoms with Gasteiger partial charge in [-0.3, -0.25) is 9.59 Å². The van der Waals surface area contributed by atoms with E-state index in [1.54, 1.807) is 11.8 Å². The molecule has 1 heterocycles. The lowest BCUT2D eigenvalue weighted by atomic mass is 10.1. The molecule has 2 aromatic carbocycles. The molecule has 2 aromatic rings. The second kappa shape index (κ2) is 15.8. The minimum atomic E-state index is -0.270. The Labute approximate surface area is 222 Å². The highest BCUT2D eigenvalue weighted by Crippen LogP contribution is 2.37. The van der Waals surface area contributed by atoms with Gasteiger partial charge in [-0.25, -0.2) is 0 Å². The number of amides is 2. The van der Waals surface area contributed by atoms with E-state index in [0.717, 1.165) is 49.8 Å². The Balaban J connectivity index is 1.66. The predicted molar refractivity (Wildman–Crippen MR) is 152 cm³/mol. The molecule has 4 nitrogen and oxygen atoms in total. The number of benzene rings is 2. The molecule has 1 aliphatic heterocycles. The summed E-state index contributed by atoms with van der Waals surface area (Å²) in [6, 6.07) is 20.3. The third-order valence-corrected chi connectivity index (χ3v) is 8.43. The topological polar surface area (TPSA) is 40.6 Å². The molecule has 2 atom stereocenters. The molecular weight excluding hydrogens is 464 g/mol. The number of thioether (sulfide) groups is 1. The van der Waals surface area contributed by atoms with Gasteiger partial charge < -0.3 is 9.80 Å².